The van der Waals surface area contributed by atoms with Gasteiger partial charge in [0.2, 0.25) is 0 Å². The number of aliphatic hydroxyl groups excluding tert-OH is 1. The second kappa shape index (κ2) is 11.5. The third-order valence-electron chi connectivity index (χ3n) is 5.86. The van der Waals surface area contributed by atoms with Crippen molar-refractivity contribution in [1.82, 2.24) is 9.88 Å². The van der Waals surface area contributed by atoms with Crippen LogP contribution < -0.4 is 4.74 Å². The van der Waals surface area contributed by atoms with Gasteiger partial charge in [0.05, 0.1) is 24.9 Å². The summed E-state index contributed by atoms with van der Waals surface area (Å²) in [6, 6.07) is 22.9. The molecule has 0 bridgehead atoms. The molecular formula is C28H27ClN2O3S. The van der Waals surface area contributed by atoms with Crippen LogP contribution in [0.1, 0.15) is 50.7 Å². The van der Waals surface area contributed by atoms with Crippen LogP contribution in [-0.2, 0) is 19.8 Å². The van der Waals surface area contributed by atoms with E-state index in [-0.39, 0.29) is 25.2 Å². The maximum absolute atomic E-state index is 13.8. The Kier molecular flexibility index (Phi) is 8.18. The Labute approximate surface area is 214 Å². The van der Waals surface area contributed by atoms with Crippen LogP contribution in [0.5, 0.6) is 5.75 Å². The lowest BCUT2D eigenvalue weighted by Gasteiger charge is -2.31. The highest BCUT2D eigenvalue weighted by atomic mass is 35.5. The summed E-state index contributed by atoms with van der Waals surface area (Å²) < 4.78 is 6.10. The predicted octanol–water partition coefficient (Wildman–Crippen LogP) is 6.58. The summed E-state index contributed by atoms with van der Waals surface area (Å²) in [5.74, 6) is 0.580. The van der Waals surface area contributed by atoms with E-state index >= 15 is 0 Å². The molecule has 1 N–H and O–H groups in total. The molecule has 180 valence electrons. The van der Waals surface area contributed by atoms with Gasteiger partial charge >= 0.3 is 0 Å². The third kappa shape index (κ3) is 6.09. The minimum Gasteiger partial charge on any atom is -0.486 e. The van der Waals surface area contributed by atoms with Crippen molar-refractivity contribution in [3.63, 3.8) is 0 Å². The zero-order valence-corrected chi connectivity index (χ0v) is 21.2. The smallest absolute Gasteiger partial charge is 0.254 e. The average molecular weight is 507 g/mol. The van der Waals surface area contributed by atoms with E-state index in [9.17, 15) is 9.90 Å². The van der Waals surface area contributed by atoms with Crippen molar-refractivity contribution < 1.29 is 14.6 Å². The molecule has 4 rings (SSSR count). The number of carbonyl (C=O) groups is 1. The number of benzene rings is 3. The predicted molar refractivity (Wildman–Crippen MR) is 140 cm³/mol. The van der Waals surface area contributed by atoms with Gasteiger partial charge in [0.15, 0.2) is 0 Å². The molecule has 1 amide bonds. The van der Waals surface area contributed by atoms with Gasteiger partial charge in [-0.3, -0.25) is 4.79 Å². The van der Waals surface area contributed by atoms with Gasteiger partial charge < -0.3 is 14.7 Å². The van der Waals surface area contributed by atoms with Crippen LogP contribution >= 0.6 is 22.9 Å². The van der Waals surface area contributed by atoms with E-state index < -0.39 is 0 Å². The van der Waals surface area contributed by atoms with Crippen LogP contribution in [0.15, 0.2) is 78.2 Å². The number of amides is 1. The van der Waals surface area contributed by atoms with Crippen molar-refractivity contribution in [1.29, 1.82) is 0 Å². The maximum atomic E-state index is 13.8. The van der Waals surface area contributed by atoms with Crippen molar-refractivity contribution in [2.24, 2.45) is 0 Å². The monoisotopic (exact) mass is 506 g/mol. The van der Waals surface area contributed by atoms with Crippen LogP contribution in [0.3, 0.4) is 0 Å². The van der Waals surface area contributed by atoms with E-state index in [1.165, 1.54) is 11.3 Å². The number of aromatic nitrogens is 1. The molecule has 1 aromatic heterocycles. The Hall–Kier alpha value is -3.19. The SMILES string of the molecule is Cc1ccccc1C(=O)N(Cc1cc(Cl)ccc1OCc1nc(CO)cs1)[C@H](C)c1ccccc1. The van der Waals surface area contributed by atoms with Crippen LogP contribution in [0.25, 0.3) is 0 Å². The van der Waals surface area contributed by atoms with Gasteiger partial charge in [0, 0.05) is 21.5 Å². The van der Waals surface area contributed by atoms with Crippen molar-refractivity contribution in [3.8, 4) is 5.75 Å². The molecule has 35 heavy (non-hydrogen) atoms. The number of hydrogen-bond acceptors (Lipinski definition) is 5. The summed E-state index contributed by atoms with van der Waals surface area (Å²) in [4.78, 5) is 20.0. The fraction of sp³-hybridized carbons (Fsp3) is 0.214. The van der Waals surface area contributed by atoms with Gasteiger partial charge in [-0.05, 0) is 49.2 Å². The van der Waals surface area contributed by atoms with E-state index in [2.05, 4.69) is 4.98 Å². The first-order chi connectivity index (χ1) is 17.0. The molecule has 0 unspecified atom stereocenters. The Bertz CT molecular complexity index is 1290. The van der Waals surface area contributed by atoms with Gasteiger partial charge in [0.25, 0.3) is 5.91 Å². The number of halogens is 1. The molecule has 0 radical (unpaired) electrons. The molecule has 7 heteroatoms. The first-order valence-electron chi connectivity index (χ1n) is 11.3. The number of aryl methyl sites for hydroxylation is 1. The summed E-state index contributed by atoms with van der Waals surface area (Å²) in [5.41, 5.74) is 4.06. The lowest BCUT2D eigenvalue weighted by atomic mass is 10.0. The van der Waals surface area contributed by atoms with Crippen molar-refractivity contribution in [3.05, 3.63) is 116 Å². The van der Waals surface area contributed by atoms with Crippen molar-refractivity contribution in [2.45, 2.75) is 39.6 Å². The highest BCUT2D eigenvalue weighted by molar-refractivity contribution is 7.09. The first-order valence-corrected chi connectivity index (χ1v) is 12.6. The molecule has 0 saturated carbocycles. The van der Waals surface area contributed by atoms with Gasteiger partial charge in [0.1, 0.15) is 17.4 Å². The van der Waals surface area contributed by atoms with E-state index in [0.29, 0.717) is 28.6 Å². The molecule has 3 aromatic carbocycles. The summed E-state index contributed by atoms with van der Waals surface area (Å²) in [7, 11) is 0. The standard InChI is InChI=1S/C28H27ClN2O3S/c1-19-8-6-7-11-25(19)28(33)31(20(2)21-9-4-3-5-10-21)15-22-14-23(29)12-13-26(22)34-17-27-30-24(16-32)18-35-27/h3-14,18,20,32H,15-17H2,1-2H3/t20-/m1/s1. The molecule has 0 aliphatic carbocycles. The van der Waals surface area contributed by atoms with Gasteiger partial charge in [-0.15, -0.1) is 11.3 Å². The van der Waals surface area contributed by atoms with E-state index in [1.54, 1.807) is 6.07 Å². The van der Waals surface area contributed by atoms with Crippen LogP contribution in [-0.4, -0.2) is 20.9 Å². The Morgan fingerprint density at radius 2 is 1.86 bits per heavy atom. The van der Waals surface area contributed by atoms with Gasteiger partial charge in [-0.1, -0.05) is 60.1 Å². The lowest BCUT2D eigenvalue weighted by molar-refractivity contribution is 0.0671. The van der Waals surface area contributed by atoms with Crippen LogP contribution in [0.2, 0.25) is 5.02 Å². The van der Waals surface area contributed by atoms with E-state index in [1.807, 2.05) is 90.9 Å². The van der Waals surface area contributed by atoms with Crippen LogP contribution in [0, 0.1) is 6.92 Å². The molecule has 1 atom stereocenters. The first kappa shape index (κ1) is 24.9. The highest BCUT2D eigenvalue weighted by Gasteiger charge is 2.25. The Balaban J connectivity index is 1.66. The molecule has 5 nitrogen and oxygen atoms in total. The summed E-state index contributed by atoms with van der Waals surface area (Å²) in [5, 5.41) is 12.4. The van der Waals surface area contributed by atoms with Gasteiger partial charge in [-0.2, -0.15) is 0 Å². The van der Waals surface area contributed by atoms with E-state index in [0.717, 1.165) is 21.7 Å². The lowest BCUT2D eigenvalue weighted by Crippen LogP contribution is -2.33. The molecule has 0 spiro atoms. The molecule has 0 fully saturated rings. The summed E-state index contributed by atoms with van der Waals surface area (Å²) in [6.07, 6.45) is 0. The second-order valence-corrected chi connectivity index (χ2v) is 9.65. The number of carbonyl (C=O) groups excluding carboxylic acids is 1. The molecule has 0 aliphatic heterocycles. The number of aliphatic hydroxyl groups is 1. The van der Waals surface area contributed by atoms with E-state index in [4.69, 9.17) is 16.3 Å². The third-order valence-corrected chi connectivity index (χ3v) is 6.97. The molecule has 1 heterocycles. The molecular weight excluding hydrogens is 480 g/mol. The quantitative estimate of drug-likeness (QED) is 0.278. The largest absolute Gasteiger partial charge is 0.486 e. The fourth-order valence-electron chi connectivity index (χ4n) is 3.89. The zero-order chi connectivity index (χ0) is 24.8. The van der Waals surface area contributed by atoms with Crippen LogP contribution in [0.4, 0.5) is 0 Å². The average Bonchev–Trinajstić information content (AvgIpc) is 3.35. The Morgan fingerprint density at radius 3 is 2.57 bits per heavy atom. The zero-order valence-electron chi connectivity index (χ0n) is 19.6. The summed E-state index contributed by atoms with van der Waals surface area (Å²) >= 11 is 7.80. The number of nitrogens with zero attached hydrogens (tertiary/aromatic N) is 2. The molecule has 0 saturated heterocycles. The molecule has 4 aromatic rings. The number of hydrogen-bond donors (Lipinski definition) is 1. The fourth-order valence-corrected chi connectivity index (χ4v) is 4.78. The topological polar surface area (TPSA) is 62.7 Å². The van der Waals surface area contributed by atoms with Gasteiger partial charge in [-0.25, -0.2) is 4.98 Å². The van der Waals surface area contributed by atoms with Crippen molar-refractivity contribution in [2.75, 3.05) is 0 Å². The maximum Gasteiger partial charge on any atom is 0.254 e. The number of rotatable bonds is 9. The minimum atomic E-state index is -0.179. The Morgan fingerprint density at radius 1 is 1.11 bits per heavy atom. The van der Waals surface area contributed by atoms with Crippen molar-refractivity contribution >= 4 is 28.8 Å². The summed E-state index contributed by atoms with van der Waals surface area (Å²) in [6.45, 7) is 4.46. The number of thiazole rings is 1. The highest BCUT2D eigenvalue weighted by Crippen LogP contribution is 2.31. The normalized spacial score (nSPS) is 11.8. The molecule has 0 aliphatic rings. The second-order valence-electron chi connectivity index (χ2n) is 8.27. The minimum absolute atomic E-state index is 0.0575. The number of ether oxygens (including phenoxy) is 1.